The molecule has 2 unspecified atom stereocenters. The van der Waals surface area contributed by atoms with E-state index in [1.165, 1.54) is 12.1 Å². The van der Waals surface area contributed by atoms with Crippen LogP contribution in [0.5, 0.6) is 0 Å². The Labute approximate surface area is 131 Å². The molecule has 1 heterocycles. The molecule has 0 spiro atoms. The van der Waals surface area contributed by atoms with Gasteiger partial charge in [-0.05, 0) is 63.4 Å². The van der Waals surface area contributed by atoms with Crippen LogP contribution in [0.15, 0.2) is 23.1 Å². The van der Waals surface area contributed by atoms with E-state index >= 15 is 0 Å². The molecule has 1 fully saturated rings. The van der Waals surface area contributed by atoms with Gasteiger partial charge >= 0.3 is 0 Å². The van der Waals surface area contributed by atoms with E-state index in [1.54, 1.807) is 13.0 Å². The van der Waals surface area contributed by atoms with Crippen LogP contribution in [0.25, 0.3) is 0 Å². The van der Waals surface area contributed by atoms with Gasteiger partial charge in [0.1, 0.15) is 0 Å². The Bertz CT molecular complexity index is 652. The van der Waals surface area contributed by atoms with Gasteiger partial charge in [-0.2, -0.15) is 0 Å². The second kappa shape index (κ2) is 6.76. The first-order valence-corrected chi connectivity index (χ1v) is 8.93. The molecule has 4 N–H and O–H groups in total. The average molecular weight is 325 g/mol. The van der Waals surface area contributed by atoms with E-state index in [0.29, 0.717) is 5.56 Å². The summed E-state index contributed by atoms with van der Waals surface area (Å²) in [6.45, 7) is 5.39. The average Bonchev–Trinajstić information content (AvgIpc) is 2.47. The number of sulfonamides is 1. The Morgan fingerprint density at radius 3 is 2.77 bits per heavy atom. The molecule has 6 nitrogen and oxygen atoms in total. The highest BCUT2D eigenvalue weighted by Crippen LogP contribution is 2.19. The minimum Gasteiger partial charge on any atom is -0.366 e. The number of carbonyl (C=O) groups excluding carboxylic acids is 1. The molecule has 0 aliphatic carbocycles. The molecule has 0 bridgehead atoms. The summed E-state index contributed by atoms with van der Waals surface area (Å²) in [4.78, 5) is 11.4. The molecule has 7 heteroatoms. The Hall–Kier alpha value is -1.44. The molecule has 1 aromatic carbocycles. The first-order valence-electron chi connectivity index (χ1n) is 7.45. The molecule has 2 atom stereocenters. The Morgan fingerprint density at radius 2 is 2.18 bits per heavy atom. The van der Waals surface area contributed by atoms with Crippen molar-refractivity contribution in [3.05, 3.63) is 29.3 Å². The van der Waals surface area contributed by atoms with Crippen LogP contribution < -0.4 is 15.8 Å². The summed E-state index contributed by atoms with van der Waals surface area (Å²) in [6.07, 6.45) is 2.05. The highest BCUT2D eigenvalue weighted by Gasteiger charge is 2.25. The molecule has 22 heavy (non-hydrogen) atoms. The fraction of sp³-hybridized carbons (Fsp3) is 0.533. The van der Waals surface area contributed by atoms with Crippen LogP contribution >= 0.6 is 0 Å². The summed E-state index contributed by atoms with van der Waals surface area (Å²) >= 11 is 0. The first-order chi connectivity index (χ1) is 10.3. The minimum absolute atomic E-state index is 0.0718. The molecule has 122 valence electrons. The zero-order chi connectivity index (χ0) is 16.3. The number of rotatable bonds is 5. The van der Waals surface area contributed by atoms with Gasteiger partial charge in [0, 0.05) is 11.6 Å². The third kappa shape index (κ3) is 3.85. The molecule has 1 aliphatic heterocycles. The summed E-state index contributed by atoms with van der Waals surface area (Å²) in [5.41, 5.74) is 6.18. The molecule has 0 radical (unpaired) electrons. The monoisotopic (exact) mass is 325 g/mol. The van der Waals surface area contributed by atoms with Crippen LogP contribution in [0.2, 0.25) is 0 Å². The lowest BCUT2D eigenvalue weighted by Gasteiger charge is -2.28. The smallest absolute Gasteiger partial charge is 0.249 e. The number of benzene rings is 1. The topological polar surface area (TPSA) is 101 Å². The minimum atomic E-state index is -3.67. The van der Waals surface area contributed by atoms with Gasteiger partial charge in [0.05, 0.1) is 4.90 Å². The van der Waals surface area contributed by atoms with Gasteiger partial charge in [0.25, 0.3) is 0 Å². The van der Waals surface area contributed by atoms with Gasteiger partial charge in [0.15, 0.2) is 0 Å². The van der Waals surface area contributed by atoms with E-state index in [2.05, 4.69) is 10.0 Å². The maximum atomic E-state index is 12.5. The predicted molar refractivity (Wildman–Crippen MR) is 85.1 cm³/mol. The summed E-state index contributed by atoms with van der Waals surface area (Å²) in [5, 5.41) is 3.28. The van der Waals surface area contributed by atoms with Gasteiger partial charge in [-0.15, -0.1) is 0 Å². The summed E-state index contributed by atoms with van der Waals surface area (Å²) in [5.74, 6) is -0.358. The van der Waals surface area contributed by atoms with E-state index in [4.69, 9.17) is 5.73 Å². The molecule has 1 aliphatic rings. The number of piperidine rings is 1. The Balaban J connectivity index is 2.19. The van der Waals surface area contributed by atoms with Crippen molar-refractivity contribution in [1.82, 2.24) is 10.0 Å². The highest BCUT2D eigenvalue weighted by molar-refractivity contribution is 7.89. The van der Waals surface area contributed by atoms with Gasteiger partial charge in [-0.1, -0.05) is 6.07 Å². The van der Waals surface area contributed by atoms with Gasteiger partial charge < -0.3 is 11.1 Å². The third-order valence-corrected chi connectivity index (χ3v) is 5.72. The number of amides is 1. The van der Waals surface area contributed by atoms with E-state index < -0.39 is 15.9 Å². The lowest BCUT2D eigenvalue weighted by atomic mass is 9.94. The van der Waals surface area contributed by atoms with Gasteiger partial charge in [-0.3, -0.25) is 4.79 Å². The number of hydrogen-bond donors (Lipinski definition) is 3. The standard InChI is InChI=1S/C15H23N3O3S/c1-10-5-6-13(8-14(10)15(16)19)22(20,21)18-11(2)12-4-3-7-17-9-12/h5-6,8,11-12,17-18H,3-4,7,9H2,1-2H3,(H2,16,19). The molecule has 0 aromatic heterocycles. The SMILES string of the molecule is Cc1ccc(S(=O)(=O)NC(C)C2CCCNC2)cc1C(N)=O. The maximum Gasteiger partial charge on any atom is 0.249 e. The molecule has 1 aromatic rings. The zero-order valence-corrected chi connectivity index (χ0v) is 13.7. The van der Waals surface area contributed by atoms with Crippen molar-refractivity contribution in [2.75, 3.05) is 13.1 Å². The van der Waals surface area contributed by atoms with Crippen molar-refractivity contribution in [2.45, 2.75) is 37.6 Å². The first kappa shape index (κ1) is 16.9. The normalized spacial score (nSPS) is 20.5. The fourth-order valence-corrected chi connectivity index (χ4v) is 4.09. The highest BCUT2D eigenvalue weighted by atomic mass is 32.2. The third-order valence-electron chi connectivity index (χ3n) is 4.17. The molecule has 2 rings (SSSR count). The van der Waals surface area contributed by atoms with Crippen molar-refractivity contribution < 1.29 is 13.2 Å². The van der Waals surface area contributed by atoms with Crippen LogP contribution in [-0.4, -0.2) is 33.5 Å². The predicted octanol–water partition coefficient (Wildman–Crippen LogP) is 0.760. The van der Waals surface area contributed by atoms with Crippen LogP contribution in [0, 0.1) is 12.8 Å². The van der Waals surface area contributed by atoms with Gasteiger partial charge in [0.2, 0.25) is 15.9 Å². The second-order valence-corrected chi connectivity index (χ2v) is 7.57. The van der Waals surface area contributed by atoms with E-state index in [-0.39, 0.29) is 22.4 Å². The summed E-state index contributed by atoms with van der Waals surface area (Å²) in [6, 6.07) is 4.26. The Kier molecular flexibility index (Phi) is 5.20. The number of hydrogen-bond acceptors (Lipinski definition) is 4. The van der Waals surface area contributed by atoms with Crippen molar-refractivity contribution in [2.24, 2.45) is 11.7 Å². The van der Waals surface area contributed by atoms with Crippen molar-refractivity contribution in [1.29, 1.82) is 0 Å². The van der Waals surface area contributed by atoms with Crippen LogP contribution in [0.3, 0.4) is 0 Å². The van der Waals surface area contributed by atoms with Crippen LogP contribution in [0.1, 0.15) is 35.7 Å². The van der Waals surface area contributed by atoms with Crippen molar-refractivity contribution in [3.63, 3.8) is 0 Å². The molecule has 1 saturated heterocycles. The number of primary amides is 1. The van der Waals surface area contributed by atoms with Crippen molar-refractivity contribution >= 4 is 15.9 Å². The molecular weight excluding hydrogens is 302 g/mol. The summed E-state index contributed by atoms with van der Waals surface area (Å²) in [7, 11) is -3.67. The second-order valence-electron chi connectivity index (χ2n) is 5.86. The number of aryl methyl sites for hydroxylation is 1. The molecule has 1 amide bonds. The van der Waals surface area contributed by atoms with Gasteiger partial charge in [-0.25, -0.2) is 13.1 Å². The van der Waals surface area contributed by atoms with Crippen LogP contribution in [-0.2, 0) is 10.0 Å². The number of carbonyl (C=O) groups is 1. The number of nitrogens with two attached hydrogens (primary N) is 1. The van der Waals surface area contributed by atoms with E-state index in [0.717, 1.165) is 25.9 Å². The maximum absolute atomic E-state index is 12.5. The molecule has 0 saturated carbocycles. The van der Waals surface area contributed by atoms with Crippen molar-refractivity contribution in [3.8, 4) is 0 Å². The zero-order valence-electron chi connectivity index (χ0n) is 12.9. The summed E-state index contributed by atoms with van der Waals surface area (Å²) < 4.78 is 27.7. The lowest BCUT2D eigenvalue weighted by Crippen LogP contribution is -2.44. The van der Waals surface area contributed by atoms with Crippen LogP contribution in [0.4, 0.5) is 0 Å². The largest absolute Gasteiger partial charge is 0.366 e. The molecular formula is C15H23N3O3S. The Morgan fingerprint density at radius 1 is 1.45 bits per heavy atom. The van der Waals surface area contributed by atoms with E-state index in [9.17, 15) is 13.2 Å². The quantitative estimate of drug-likeness (QED) is 0.744. The number of nitrogens with one attached hydrogen (secondary N) is 2. The fourth-order valence-electron chi connectivity index (χ4n) is 2.75. The van der Waals surface area contributed by atoms with E-state index in [1.807, 2.05) is 6.92 Å². The lowest BCUT2D eigenvalue weighted by molar-refractivity contribution is 0.0999.